The Bertz CT molecular complexity index is 486. The summed E-state index contributed by atoms with van der Waals surface area (Å²) < 4.78 is 5.06. The van der Waals surface area contributed by atoms with Crippen molar-refractivity contribution >= 4 is 17.6 Å². The highest BCUT2D eigenvalue weighted by molar-refractivity contribution is 5.99. The summed E-state index contributed by atoms with van der Waals surface area (Å²) in [5, 5.41) is 11.5. The van der Waals surface area contributed by atoms with Crippen LogP contribution in [0.4, 0.5) is 5.69 Å². The largest absolute Gasteiger partial charge is 0.496 e. The Hall–Kier alpha value is -2.24. The lowest BCUT2D eigenvalue weighted by Gasteiger charge is -2.18. The molecule has 1 atom stereocenters. The fourth-order valence-electron chi connectivity index (χ4n) is 1.63. The maximum absolute atomic E-state index is 12.1. The average Bonchev–Trinajstić information content (AvgIpc) is 2.34. The quantitative estimate of drug-likeness (QED) is 0.693. The summed E-state index contributed by atoms with van der Waals surface area (Å²) in [7, 11) is 1.42. The molecule has 104 valence electrons. The van der Waals surface area contributed by atoms with Crippen LogP contribution < -0.4 is 15.8 Å². The summed E-state index contributed by atoms with van der Waals surface area (Å²) in [6, 6.07) is 3.63. The van der Waals surface area contributed by atoms with Crippen LogP contribution in [0.25, 0.3) is 0 Å². The summed E-state index contributed by atoms with van der Waals surface area (Å²) in [4.78, 5) is 23.1. The molecule has 6 nitrogen and oxygen atoms in total. The van der Waals surface area contributed by atoms with E-state index < -0.39 is 17.9 Å². The number of amides is 1. The van der Waals surface area contributed by atoms with Gasteiger partial charge in [-0.1, -0.05) is 13.8 Å². The molecule has 19 heavy (non-hydrogen) atoms. The highest BCUT2D eigenvalue weighted by Crippen LogP contribution is 2.21. The molecule has 1 aromatic carbocycles. The number of hydrogen-bond donors (Lipinski definition) is 3. The standard InChI is InChI=1S/C13H18N2O4/c1-7(2)11(13(17)18)15-12(16)9-5-4-8(14)6-10(9)19-3/h4-7,11H,14H2,1-3H3,(H,15,16)(H,17,18)/t11-/m0/s1. The molecule has 0 aromatic heterocycles. The second-order valence-corrected chi connectivity index (χ2v) is 4.49. The summed E-state index contributed by atoms with van der Waals surface area (Å²) in [5.41, 5.74) is 6.31. The Kier molecular flexibility index (Phi) is 4.74. The van der Waals surface area contributed by atoms with Crippen LogP contribution in [0.15, 0.2) is 18.2 Å². The first kappa shape index (κ1) is 14.8. The van der Waals surface area contributed by atoms with E-state index in [2.05, 4.69) is 5.32 Å². The SMILES string of the molecule is COc1cc(N)ccc1C(=O)N[C@H](C(=O)O)C(C)C. The van der Waals surface area contributed by atoms with E-state index in [1.165, 1.54) is 19.2 Å². The third-order valence-electron chi connectivity index (χ3n) is 2.69. The summed E-state index contributed by atoms with van der Waals surface area (Å²) in [6.45, 7) is 3.44. The van der Waals surface area contributed by atoms with Gasteiger partial charge in [-0.2, -0.15) is 0 Å². The first-order chi connectivity index (χ1) is 8.86. The molecule has 0 aliphatic carbocycles. The molecule has 0 radical (unpaired) electrons. The van der Waals surface area contributed by atoms with E-state index in [0.717, 1.165) is 0 Å². The number of hydrogen-bond acceptors (Lipinski definition) is 4. The molecule has 6 heteroatoms. The van der Waals surface area contributed by atoms with Gasteiger partial charge in [-0.05, 0) is 18.1 Å². The maximum Gasteiger partial charge on any atom is 0.326 e. The van der Waals surface area contributed by atoms with Crippen LogP contribution in [0.3, 0.4) is 0 Å². The van der Waals surface area contributed by atoms with Crippen LogP contribution in [0, 0.1) is 5.92 Å². The second-order valence-electron chi connectivity index (χ2n) is 4.49. The van der Waals surface area contributed by atoms with Crippen molar-refractivity contribution in [2.45, 2.75) is 19.9 Å². The van der Waals surface area contributed by atoms with Crippen molar-refractivity contribution in [3.63, 3.8) is 0 Å². The number of anilines is 1. The molecule has 1 amide bonds. The Morgan fingerprint density at radius 1 is 1.37 bits per heavy atom. The zero-order chi connectivity index (χ0) is 14.6. The van der Waals surface area contributed by atoms with Crippen LogP contribution in [0.1, 0.15) is 24.2 Å². The lowest BCUT2D eigenvalue weighted by atomic mass is 10.0. The Labute approximate surface area is 111 Å². The topological polar surface area (TPSA) is 102 Å². The molecule has 0 heterocycles. The summed E-state index contributed by atoms with van der Waals surface area (Å²) in [5.74, 6) is -1.48. The van der Waals surface area contributed by atoms with Crippen molar-refractivity contribution in [2.24, 2.45) is 5.92 Å². The number of nitrogen functional groups attached to an aromatic ring is 1. The van der Waals surface area contributed by atoms with Gasteiger partial charge in [0.2, 0.25) is 0 Å². The van der Waals surface area contributed by atoms with Gasteiger partial charge in [-0.15, -0.1) is 0 Å². The molecule has 0 aliphatic heterocycles. The van der Waals surface area contributed by atoms with E-state index in [9.17, 15) is 9.59 Å². The van der Waals surface area contributed by atoms with Crippen LogP contribution >= 0.6 is 0 Å². The van der Waals surface area contributed by atoms with Crippen molar-refractivity contribution in [2.75, 3.05) is 12.8 Å². The molecular formula is C13H18N2O4. The Morgan fingerprint density at radius 3 is 2.47 bits per heavy atom. The summed E-state index contributed by atoms with van der Waals surface area (Å²) in [6.07, 6.45) is 0. The van der Waals surface area contributed by atoms with E-state index in [1.807, 2.05) is 0 Å². The number of carboxylic acids is 1. The number of ether oxygens (including phenoxy) is 1. The third kappa shape index (κ3) is 3.61. The number of carbonyl (C=O) groups excluding carboxylic acids is 1. The predicted molar refractivity (Wildman–Crippen MR) is 71.1 cm³/mol. The van der Waals surface area contributed by atoms with E-state index >= 15 is 0 Å². The molecular weight excluding hydrogens is 248 g/mol. The summed E-state index contributed by atoms with van der Waals surface area (Å²) >= 11 is 0. The number of carboxylic acid groups (broad SMARTS) is 1. The number of nitrogens with two attached hydrogens (primary N) is 1. The molecule has 0 unspecified atom stereocenters. The first-order valence-electron chi connectivity index (χ1n) is 5.84. The van der Waals surface area contributed by atoms with Gasteiger partial charge in [-0.25, -0.2) is 4.79 Å². The lowest BCUT2D eigenvalue weighted by molar-refractivity contribution is -0.140. The van der Waals surface area contributed by atoms with Crippen molar-refractivity contribution in [3.05, 3.63) is 23.8 Å². The third-order valence-corrected chi connectivity index (χ3v) is 2.69. The van der Waals surface area contributed by atoms with Crippen molar-refractivity contribution < 1.29 is 19.4 Å². The molecule has 1 aromatic rings. The minimum absolute atomic E-state index is 0.221. The smallest absolute Gasteiger partial charge is 0.326 e. The zero-order valence-corrected chi connectivity index (χ0v) is 11.1. The number of aliphatic carboxylic acids is 1. The van der Waals surface area contributed by atoms with E-state index in [-0.39, 0.29) is 11.5 Å². The van der Waals surface area contributed by atoms with Gasteiger partial charge in [0.25, 0.3) is 5.91 Å². The monoisotopic (exact) mass is 266 g/mol. The van der Waals surface area contributed by atoms with Gasteiger partial charge in [0.1, 0.15) is 11.8 Å². The minimum atomic E-state index is -1.07. The van der Waals surface area contributed by atoms with Crippen molar-refractivity contribution in [3.8, 4) is 5.75 Å². The fourth-order valence-corrected chi connectivity index (χ4v) is 1.63. The van der Waals surface area contributed by atoms with E-state index in [4.69, 9.17) is 15.6 Å². The van der Waals surface area contributed by atoms with Crippen LogP contribution in [-0.2, 0) is 4.79 Å². The van der Waals surface area contributed by atoms with Gasteiger partial charge in [0, 0.05) is 11.8 Å². The predicted octanol–water partition coefficient (Wildman–Crippen LogP) is 1.12. The fraction of sp³-hybridized carbons (Fsp3) is 0.385. The van der Waals surface area contributed by atoms with Crippen molar-refractivity contribution in [1.29, 1.82) is 0 Å². The Morgan fingerprint density at radius 2 is 2.00 bits per heavy atom. The van der Waals surface area contributed by atoms with Crippen LogP contribution in [-0.4, -0.2) is 30.1 Å². The Balaban J connectivity index is 2.97. The van der Waals surface area contributed by atoms with E-state index in [1.54, 1.807) is 19.9 Å². The highest BCUT2D eigenvalue weighted by atomic mass is 16.5. The molecule has 0 saturated carbocycles. The molecule has 4 N–H and O–H groups in total. The lowest BCUT2D eigenvalue weighted by Crippen LogP contribution is -2.44. The number of benzene rings is 1. The molecule has 0 aliphatic rings. The molecule has 0 saturated heterocycles. The van der Waals surface area contributed by atoms with E-state index in [0.29, 0.717) is 11.4 Å². The minimum Gasteiger partial charge on any atom is -0.496 e. The number of carbonyl (C=O) groups is 2. The number of rotatable bonds is 5. The normalized spacial score (nSPS) is 12.0. The molecule has 0 spiro atoms. The van der Waals surface area contributed by atoms with Gasteiger partial charge in [0.05, 0.1) is 12.7 Å². The first-order valence-corrected chi connectivity index (χ1v) is 5.84. The number of methoxy groups -OCH3 is 1. The molecule has 1 rings (SSSR count). The van der Waals surface area contributed by atoms with Crippen molar-refractivity contribution in [1.82, 2.24) is 5.32 Å². The van der Waals surface area contributed by atoms with Gasteiger partial charge in [0.15, 0.2) is 0 Å². The van der Waals surface area contributed by atoms with Gasteiger partial charge < -0.3 is 20.9 Å². The average molecular weight is 266 g/mol. The number of nitrogens with one attached hydrogen (secondary N) is 1. The van der Waals surface area contributed by atoms with Crippen LogP contribution in [0.5, 0.6) is 5.75 Å². The van der Waals surface area contributed by atoms with Gasteiger partial charge >= 0.3 is 5.97 Å². The maximum atomic E-state index is 12.1. The van der Waals surface area contributed by atoms with Crippen LogP contribution in [0.2, 0.25) is 0 Å². The highest BCUT2D eigenvalue weighted by Gasteiger charge is 2.25. The molecule has 0 bridgehead atoms. The zero-order valence-electron chi connectivity index (χ0n) is 11.1. The molecule has 0 fully saturated rings. The second kappa shape index (κ2) is 6.08. The van der Waals surface area contributed by atoms with Gasteiger partial charge in [-0.3, -0.25) is 4.79 Å².